The average Bonchev–Trinajstić information content (AvgIpc) is 3.31. The topological polar surface area (TPSA) is 85.2 Å². The Morgan fingerprint density at radius 2 is 1.91 bits per heavy atom. The molecule has 1 fully saturated rings. The fourth-order valence-electron chi connectivity index (χ4n) is 4.65. The highest BCUT2D eigenvalue weighted by atomic mass is 32.2. The van der Waals surface area contributed by atoms with Crippen LogP contribution in [-0.4, -0.2) is 58.2 Å². The van der Waals surface area contributed by atoms with Crippen LogP contribution < -0.4 is 15.0 Å². The van der Waals surface area contributed by atoms with E-state index in [1.807, 2.05) is 60.5 Å². The number of aromatic nitrogens is 4. The van der Waals surface area contributed by atoms with Gasteiger partial charge in [-0.15, -0.1) is 0 Å². The third-order valence-electron chi connectivity index (χ3n) is 6.32. The van der Waals surface area contributed by atoms with Crippen molar-refractivity contribution in [1.29, 1.82) is 0 Å². The Hall–Kier alpha value is -3.33. The average molecular weight is 491 g/mol. The van der Waals surface area contributed by atoms with Gasteiger partial charge in [-0.2, -0.15) is 5.10 Å². The van der Waals surface area contributed by atoms with E-state index in [2.05, 4.69) is 15.3 Å². The zero-order chi connectivity index (χ0) is 24.2. The van der Waals surface area contributed by atoms with E-state index >= 15 is 0 Å². The smallest absolute Gasteiger partial charge is 0.255 e. The number of piperidine rings is 1. The molecule has 1 saturated heterocycles. The molecule has 182 valence electrons. The largest absolute Gasteiger partial charge is 0.493 e. The summed E-state index contributed by atoms with van der Waals surface area (Å²) in [6.07, 6.45) is 7.46. The van der Waals surface area contributed by atoms with Gasteiger partial charge >= 0.3 is 0 Å². The highest BCUT2D eigenvalue weighted by molar-refractivity contribution is 7.98. The van der Waals surface area contributed by atoms with Crippen LogP contribution in [0.25, 0.3) is 21.8 Å². The number of amides is 1. The van der Waals surface area contributed by atoms with Gasteiger partial charge in [0.2, 0.25) is 0 Å². The van der Waals surface area contributed by atoms with Gasteiger partial charge in [0.25, 0.3) is 5.91 Å². The van der Waals surface area contributed by atoms with Gasteiger partial charge in [-0.05, 0) is 49.3 Å². The number of benzene rings is 2. The Bertz CT molecular complexity index is 1350. The summed E-state index contributed by atoms with van der Waals surface area (Å²) < 4.78 is 7.63. The zero-order valence-electron chi connectivity index (χ0n) is 20.2. The molecule has 3 heterocycles. The number of thioether (sulfide) groups is 1. The monoisotopic (exact) mass is 490 g/mol. The van der Waals surface area contributed by atoms with Crippen molar-refractivity contribution in [1.82, 2.24) is 25.1 Å². The van der Waals surface area contributed by atoms with Gasteiger partial charge in [0.05, 0.1) is 30.3 Å². The van der Waals surface area contributed by atoms with Crippen LogP contribution in [-0.2, 0) is 6.54 Å². The maximum Gasteiger partial charge on any atom is 0.255 e. The van der Waals surface area contributed by atoms with Gasteiger partial charge in [0.1, 0.15) is 11.6 Å². The van der Waals surface area contributed by atoms with Crippen LogP contribution in [0.3, 0.4) is 0 Å². The molecule has 1 aliphatic heterocycles. The molecule has 0 saturated carbocycles. The minimum Gasteiger partial charge on any atom is -0.493 e. The van der Waals surface area contributed by atoms with Crippen LogP contribution in [0.1, 0.15) is 36.5 Å². The summed E-state index contributed by atoms with van der Waals surface area (Å²) in [6, 6.07) is 11.7. The summed E-state index contributed by atoms with van der Waals surface area (Å²) >= 11 is 1.53. The van der Waals surface area contributed by atoms with E-state index in [1.54, 1.807) is 0 Å². The van der Waals surface area contributed by atoms with E-state index in [9.17, 15) is 4.79 Å². The second-order valence-electron chi connectivity index (χ2n) is 8.54. The quantitative estimate of drug-likeness (QED) is 0.287. The Morgan fingerprint density at radius 3 is 2.71 bits per heavy atom. The molecule has 9 heteroatoms. The molecule has 0 spiro atoms. The van der Waals surface area contributed by atoms with Crippen molar-refractivity contribution in [3.63, 3.8) is 0 Å². The Morgan fingerprint density at radius 1 is 1.09 bits per heavy atom. The summed E-state index contributed by atoms with van der Waals surface area (Å²) in [5, 5.41) is 11.2. The lowest BCUT2D eigenvalue weighted by molar-refractivity contribution is 0.0950. The number of nitrogens with zero attached hydrogens (tertiary/aromatic N) is 5. The van der Waals surface area contributed by atoms with Crippen LogP contribution in [0.2, 0.25) is 0 Å². The van der Waals surface area contributed by atoms with Crippen molar-refractivity contribution in [2.45, 2.75) is 37.9 Å². The van der Waals surface area contributed by atoms with Crippen molar-refractivity contribution in [3.8, 4) is 5.75 Å². The maximum atomic E-state index is 13.3. The molecule has 35 heavy (non-hydrogen) atoms. The summed E-state index contributed by atoms with van der Waals surface area (Å²) in [7, 11) is 0. The molecule has 0 aliphatic carbocycles. The van der Waals surface area contributed by atoms with Crippen LogP contribution in [0.4, 0.5) is 5.82 Å². The molecule has 5 rings (SSSR count). The number of rotatable bonds is 8. The maximum absolute atomic E-state index is 13.3. The molecule has 2 aromatic carbocycles. The Labute approximate surface area is 209 Å². The van der Waals surface area contributed by atoms with E-state index in [4.69, 9.17) is 14.7 Å². The first-order valence-electron chi connectivity index (χ1n) is 12.1. The third-order valence-corrected chi connectivity index (χ3v) is 6.87. The number of hydrogen-bond acceptors (Lipinski definition) is 7. The molecule has 0 atom stereocenters. The molecule has 4 aromatic rings. The minimum atomic E-state index is -0.157. The lowest BCUT2D eigenvalue weighted by atomic mass is 10.0. The SMILES string of the molecule is CCOc1ccc2ccccc2c1C(=O)NCCn1ncc2c(N3CCCCC3)nc(SC)nc21. The molecule has 1 N–H and O–H groups in total. The van der Waals surface area contributed by atoms with Crippen LogP contribution in [0, 0.1) is 0 Å². The Balaban J connectivity index is 1.37. The third kappa shape index (κ3) is 4.77. The molecular weight excluding hydrogens is 460 g/mol. The lowest BCUT2D eigenvalue weighted by Gasteiger charge is -2.28. The van der Waals surface area contributed by atoms with E-state index < -0.39 is 0 Å². The highest BCUT2D eigenvalue weighted by Gasteiger charge is 2.20. The van der Waals surface area contributed by atoms with Gasteiger partial charge in [-0.3, -0.25) is 4.79 Å². The molecule has 8 nitrogen and oxygen atoms in total. The van der Waals surface area contributed by atoms with Gasteiger partial charge in [0.15, 0.2) is 10.8 Å². The molecule has 0 unspecified atom stereocenters. The van der Waals surface area contributed by atoms with Gasteiger partial charge in [0, 0.05) is 19.6 Å². The van der Waals surface area contributed by atoms with Crippen LogP contribution in [0.15, 0.2) is 47.8 Å². The van der Waals surface area contributed by atoms with E-state index in [-0.39, 0.29) is 5.91 Å². The van der Waals surface area contributed by atoms with Crippen molar-refractivity contribution in [2.75, 3.05) is 37.4 Å². The second-order valence-corrected chi connectivity index (χ2v) is 9.31. The van der Waals surface area contributed by atoms with Crippen LogP contribution in [0.5, 0.6) is 5.75 Å². The summed E-state index contributed by atoms with van der Waals surface area (Å²) in [5.74, 6) is 1.40. The number of nitrogens with one attached hydrogen (secondary N) is 1. The minimum absolute atomic E-state index is 0.157. The van der Waals surface area contributed by atoms with Gasteiger partial charge in [-0.25, -0.2) is 14.6 Å². The van der Waals surface area contributed by atoms with Crippen molar-refractivity contribution < 1.29 is 9.53 Å². The van der Waals surface area contributed by atoms with E-state index in [0.29, 0.717) is 31.0 Å². The second kappa shape index (κ2) is 10.5. The lowest BCUT2D eigenvalue weighted by Crippen LogP contribution is -2.30. The highest BCUT2D eigenvalue weighted by Crippen LogP contribution is 2.29. The molecule has 2 aromatic heterocycles. The van der Waals surface area contributed by atoms with Crippen molar-refractivity contribution in [3.05, 3.63) is 48.2 Å². The van der Waals surface area contributed by atoms with Gasteiger partial charge < -0.3 is 15.0 Å². The van der Waals surface area contributed by atoms with Crippen molar-refractivity contribution >= 4 is 45.3 Å². The summed E-state index contributed by atoms with van der Waals surface area (Å²) in [6.45, 7) is 5.36. The van der Waals surface area contributed by atoms with Gasteiger partial charge in [-0.1, -0.05) is 42.1 Å². The number of carbonyl (C=O) groups is 1. The standard InChI is InChI=1S/C26H30N6O2S/c1-3-34-21-12-11-18-9-5-6-10-19(18)22(21)25(33)27-13-16-32-24-20(17-28-32)23(29-26(30-24)35-2)31-14-7-4-8-15-31/h5-6,9-12,17H,3-4,7-8,13-16H2,1-2H3,(H,27,33). The predicted molar refractivity (Wildman–Crippen MR) is 141 cm³/mol. The Kier molecular flexibility index (Phi) is 7.03. The molecule has 1 aliphatic rings. The fourth-order valence-corrected chi connectivity index (χ4v) is 5.00. The predicted octanol–water partition coefficient (Wildman–Crippen LogP) is 4.52. The van der Waals surface area contributed by atoms with E-state index in [1.165, 1.54) is 31.0 Å². The molecule has 1 amide bonds. The summed E-state index contributed by atoms with van der Waals surface area (Å²) in [5.41, 5.74) is 1.37. The molecule has 0 radical (unpaired) electrons. The number of hydrogen-bond donors (Lipinski definition) is 1. The zero-order valence-corrected chi connectivity index (χ0v) is 21.0. The molecular formula is C26H30N6O2S. The van der Waals surface area contributed by atoms with E-state index in [0.717, 1.165) is 45.9 Å². The molecule has 0 bridgehead atoms. The first-order chi connectivity index (χ1) is 17.2. The number of fused-ring (bicyclic) bond motifs is 2. The number of ether oxygens (including phenoxy) is 1. The normalized spacial score (nSPS) is 13.9. The summed E-state index contributed by atoms with van der Waals surface area (Å²) in [4.78, 5) is 25.1. The van der Waals surface area contributed by atoms with Crippen LogP contribution >= 0.6 is 11.8 Å². The number of carbonyl (C=O) groups excluding carboxylic acids is 1. The first-order valence-corrected chi connectivity index (χ1v) is 13.4. The number of anilines is 1. The fraction of sp³-hybridized carbons (Fsp3) is 0.385. The first kappa shape index (κ1) is 23.4. The van der Waals surface area contributed by atoms with Crippen molar-refractivity contribution in [2.24, 2.45) is 0 Å².